The van der Waals surface area contributed by atoms with Crippen LogP contribution in [0.1, 0.15) is 5.69 Å². The Morgan fingerprint density at radius 1 is 1.44 bits per heavy atom. The predicted molar refractivity (Wildman–Crippen MR) is 101 cm³/mol. The molecule has 1 aromatic carbocycles. The SMILES string of the molecule is C#C[C@@H]1CN(c2ccc3cc(-c4nc(C)cs4)c(=O)oc3c2)CCN1. The lowest BCUT2D eigenvalue weighted by Crippen LogP contribution is -2.50. The first-order chi connectivity index (χ1) is 12.1. The van der Waals surface area contributed by atoms with Crippen molar-refractivity contribution in [3.05, 3.63) is 45.8 Å². The largest absolute Gasteiger partial charge is 0.422 e. The number of benzene rings is 1. The van der Waals surface area contributed by atoms with Gasteiger partial charge < -0.3 is 14.6 Å². The van der Waals surface area contributed by atoms with Crippen LogP contribution in [0.3, 0.4) is 0 Å². The minimum atomic E-state index is -0.360. The van der Waals surface area contributed by atoms with Crippen molar-refractivity contribution in [2.75, 3.05) is 24.5 Å². The zero-order valence-corrected chi connectivity index (χ0v) is 14.6. The van der Waals surface area contributed by atoms with Crippen molar-refractivity contribution in [3.8, 4) is 22.9 Å². The first-order valence-corrected chi connectivity index (χ1v) is 8.97. The van der Waals surface area contributed by atoms with Crippen LogP contribution in [0.25, 0.3) is 21.5 Å². The summed E-state index contributed by atoms with van der Waals surface area (Å²) in [6.07, 6.45) is 5.52. The number of hydrogen-bond donors (Lipinski definition) is 1. The highest BCUT2D eigenvalue weighted by Crippen LogP contribution is 2.27. The van der Waals surface area contributed by atoms with Gasteiger partial charge in [0, 0.05) is 47.8 Å². The zero-order chi connectivity index (χ0) is 17.4. The number of rotatable bonds is 2. The van der Waals surface area contributed by atoms with Crippen LogP contribution in [0.2, 0.25) is 0 Å². The molecule has 0 amide bonds. The van der Waals surface area contributed by atoms with E-state index in [2.05, 4.69) is 21.1 Å². The summed E-state index contributed by atoms with van der Waals surface area (Å²) in [4.78, 5) is 19.0. The van der Waals surface area contributed by atoms with E-state index >= 15 is 0 Å². The lowest BCUT2D eigenvalue weighted by molar-refractivity contribution is 0.527. The van der Waals surface area contributed by atoms with Gasteiger partial charge in [0.2, 0.25) is 0 Å². The maximum absolute atomic E-state index is 12.4. The molecular formula is C19H17N3O2S. The standard InChI is InChI=1S/C19H17N3O2S/c1-3-14-10-22(7-6-20-14)15-5-4-13-8-16(18-21-12(2)11-25-18)19(23)24-17(13)9-15/h1,4-5,8-9,11,14,20H,6-7,10H2,2H3/t14-/m1/s1. The molecule has 1 saturated heterocycles. The van der Waals surface area contributed by atoms with Crippen LogP contribution in [-0.2, 0) is 0 Å². The van der Waals surface area contributed by atoms with Gasteiger partial charge in [-0.1, -0.05) is 5.92 Å². The summed E-state index contributed by atoms with van der Waals surface area (Å²) in [6.45, 7) is 4.35. The predicted octanol–water partition coefficient (Wildman–Crippen LogP) is 2.64. The average Bonchev–Trinajstić information content (AvgIpc) is 3.07. The van der Waals surface area contributed by atoms with Gasteiger partial charge >= 0.3 is 5.63 Å². The molecule has 6 heteroatoms. The Hall–Kier alpha value is -2.62. The maximum Gasteiger partial charge on any atom is 0.346 e. The van der Waals surface area contributed by atoms with E-state index in [1.54, 1.807) is 0 Å². The molecule has 4 rings (SSSR count). The summed E-state index contributed by atoms with van der Waals surface area (Å²) in [5.74, 6) is 2.75. The summed E-state index contributed by atoms with van der Waals surface area (Å²) in [7, 11) is 0. The summed E-state index contributed by atoms with van der Waals surface area (Å²) < 4.78 is 5.57. The minimum absolute atomic E-state index is 0.0342. The number of fused-ring (bicyclic) bond motifs is 1. The quantitative estimate of drug-likeness (QED) is 0.568. The van der Waals surface area contributed by atoms with Crippen molar-refractivity contribution in [3.63, 3.8) is 0 Å². The van der Waals surface area contributed by atoms with Crippen LogP contribution in [0.5, 0.6) is 0 Å². The van der Waals surface area contributed by atoms with Crippen LogP contribution in [0, 0.1) is 19.3 Å². The number of hydrogen-bond acceptors (Lipinski definition) is 6. The molecule has 126 valence electrons. The monoisotopic (exact) mass is 351 g/mol. The first kappa shape index (κ1) is 15.9. The van der Waals surface area contributed by atoms with Crippen LogP contribution in [0.4, 0.5) is 5.69 Å². The molecule has 1 aliphatic rings. The highest BCUT2D eigenvalue weighted by atomic mass is 32.1. The van der Waals surface area contributed by atoms with Crippen molar-refractivity contribution in [2.45, 2.75) is 13.0 Å². The van der Waals surface area contributed by atoms with Crippen LogP contribution >= 0.6 is 11.3 Å². The molecule has 0 aliphatic carbocycles. The number of nitrogens with one attached hydrogen (secondary N) is 1. The molecule has 1 fully saturated rings. The van der Waals surface area contributed by atoms with Gasteiger partial charge in [0.25, 0.3) is 0 Å². The molecule has 1 atom stereocenters. The third-order valence-electron chi connectivity index (χ3n) is 4.31. The fraction of sp³-hybridized carbons (Fsp3) is 0.263. The number of aryl methyl sites for hydroxylation is 1. The summed E-state index contributed by atoms with van der Waals surface area (Å²) in [6, 6.07) is 7.81. The van der Waals surface area contributed by atoms with Gasteiger partial charge in [-0.05, 0) is 25.1 Å². The lowest BCUT2D eigenvalue weighted by atomic mass is 10.1. The van der Waals surface area contributed by atoms with Crippen molar-refractivity contribution in [2.24, 2.45) is 0 Å². The second kappa shape index (κ2) is 6.36. The third-order valence-corrected chi connectivity index (χ3v) is 5.30. The molecule has 0 spiro atoms. The molecule has 2 aromatic heterocycles. The average molecular weight is 351 g/mol. The summed E-state index contributed by atoms with van der Waals surface area (Å²) >= 11 is 1.45. The molecule has 0 bridgehead atoms. The van der Waals surface area contributed by atoms with Crippen LogP contribution in [0.15, 0.2) is 38.9 Å². The van der Waals surface area contributed by atoms with Crippen molar-refractivity contribution < 1.29 is 4.42 Å². The van der Waals surface area contributed by atoms with Gasteiger partial charge in [-0.15, -0.1) is 17.8 Å². The minimum Gasteiger partial charge on any atom is -0.422 e. The fourth-order valence-corrected chi connectivity index (χ4v) is 3.82. The molecular weight excluding hydrogens is 334 g/mol. The molecule has 0 unspecified atom stereocenters. The Morgan fingerprint density at radius 3 is 3.08 bits per heavy atom. The third kappa shape index (κ3) is 3.04. The first-order valence-electron chi connectivity index (χ1n) is 8.09. The molecule has 25 heavy (non-hydrogen) atoms. The number of nitrogens with zero attached hydrogens (tertiary/aromatic N) is 2. The Morgan fingerprint density at radius 2 is 2.32 bits per heavy atom. The molecule has 5 nitrogen and oxygen atoms in total. The maximum atomic E-state index is 12.4. The number of piperazine rings is 1. The molecule has 1 N–H and O–H groups in total. The van der Waals surface area contributed by atoms with E-state index in [9.17, 15) is 4.79 Å². The number of aromatic nitrogens is 1. The highest BCUT2D eigenvalue weighted by Gasteiger charge is 2.18. The van der Waals surface area contributed by atoms with E-state index in [1.165, 1.54) is 11.3 Å². The van der Waals surface area contributed by atoms with E-state index in [4.69, 9.17) is 10.8 Å². The van der Waals surface area contributed by atoms with E-state index in [-0.39, 0.29) is 11.7 Å². The lowest BCUT2D eigenvalue weighted by Gasteiger charge is -2.33. The number of anilines is 1. The van der Waals surface area contributed by atoms with Gasteiger partial charge in [-0.3, -0.25) is 0 Å². The Kier molecular flexibility index (Phi) is 4.04. The zero-order valence-electron chi connectivity index (χ0n) is 13.8. The van der Waals surface area contributed by atoms with Crippen molar-refractivity contribution >= 4 is 28.0 Å². The summed E-state index contributed by atoms with van der Waals surface area (Å²) in [5.41, 5.74) is 2.64. The van der Waals surface area contributed by atoms with Crippen molar-refractivity contribution in [1.29, 1.82) is 0 Å². The fourth-order valence-electron chi connectivity index (χ4n) is 3.02. The van der Waals surface area contributed by atoms with Gasteiger partial charge in [-0.25, -0.2) is 9.78 Å². The van der Waals surface area contributed by atoms with Gasteiger partial charge in [0.15, 0.2) is 0 Å². The van der Waals surface area contributed by atoms with Crippen LogP contribution < -0.4 is 15.8 Å². The van der Waals surface area contributed by atoms with Gasteiger partial charge in [0.05, 0.1) is 11.6 Å². The topological polar surface area (TPSA) is 58.4 Å². The van der Waals surface area contributed by atoms with Crippen molar-refractivity contribution in [1.82, 2.24) is 10.3 Å². The molecule has 0 saturated carbocycles. The molecule has 0 radical (unpaired) electrons. The Labute approximate surface area is 149 Å². The Balaban J connectivity index is 1.72. The van der Waals surface area contributed by atoms with Gasteiger partial charge in [0.1, 0.15) is 10.6 Å². The highest BCUT2D eigenvalue weighted by molar-refractivity contribution is 7.13. The molecule has 3 heterocycles. The van der Waals surface area contributed by atoms with Gasteiger partial charge in [-0.2, -0.15) is 0 Å². The second-order valence-electron chi connectivity index (χ2n) is 6.08. The number of thiazole rings is 1. The van der Waals surface area contributed by atoms with E-state index < -0.39 is 0 Å². The Bertz CT molecular complexity index is 1030. The van der Waals surface area contributed by atoms with Crippen LogP contribution in [-0.4, -0.2) is 30.7 Å². The molecule has 3 aromatic rings. The molecule has 1 aliphatic heterocycles. The normalized spacial score (nSPS) is 17.6. The van der Waals surface area contributed by atoms with E-state index in [0.717, 1.165) is 36.4 Å². The summed E-state index contributed by atoms with van der Waals surface area (Å²) in [5, 5.41) is 6.79. The second-order valence-corrected chi connectivity index (χ2v) is 6.94. The van der Waals surface area contributed by atoms with E-state index in [1.807, 2.05) is 36.6 Å². The number of terminal acetylenes is 1. The smallest absolute Gasteiger partial charge is 0.346 e. The van der Waals surface area contributed by atoms with E-state index in [0.29, 0.717) is 16.2 Å².